The van der Waals surface area contributed by atoms with Crippen LogP contribution in [0.5, 0.6) is 0 Å². The highest BCUT2D eigenvalue weighted by Crippen LogP contribution is 2.13. The van der Waals surface area contributed by atoms with Crippen LogP contribution in [0, 0.1) is 0 Å². The van der Waals surface area contributed by atoms with Gasteiger partial charge >= 0.3 is 6.03 Å². The lowest BCUT2D eigenvalue weighted by molar-refractivity contribution is -0.0449. The summed E-state index contributed by atoms with van der Waals surface area (Å²) in [5.41, 5.74) is 1.37. The third-order valence-electron chi connectivity index (χ3n) is 2.48. The average molecular weight is 277 g/mol. The maximum absolute atomic E-state index is 11.7. The monoisotopic (exact) mass is 276 g/mol. The van der Waals surface area contributed by atoms with Crippen molar-refractivity contribution in [2.75, 3.05) is 5.32 Å². The van der Waals surface area contributed by atoms with Crippen LogP contribution >= 0.6 is 11.6 Å². The number of hydroxylamine groups is 2. The Bertz CT molecular complexity index is 560. The van der Waals surface area contributed by atoms with Gasteiger partial charge in [-0.25, -0.2) is 9.86 Å². The van der Waals surface area contributed by atoms with Gasteiger partial charge in [-0.3, -0.25) is 5.21 Å². The van der Waals surface area contributed by atoms with Crippen molar-refractivity contribution in [2.24, 2.45) is 0 Å². The van der Waals surface area contributed by atoms with E-state index in [0.717, 1.165) is 5.56 Å². The number of benzene rings is 2. The molecule has 0 aliphatic heterocycles. The van der Waals surface area contributed by atoms with Gasteiger partial charge in [0.1, 0.15) is 0 Å². The minimum Gasteiger partial charge on any atom is -0.306 e. The number of para-hydroxylation sites is 1. The number of hydrogen-bond acceptors (Lipinski definition) is 2. The highest BCUT2D eigenvalue weighted by Gasteiger charge is 2.11. The van der Waals surface area contributed by atoms with E-state index >= 15 is 0 Å². The van der Waals surface area contributed by atoms with Gasteiger partial charge in [0.05, 0.1) is 6.54 Å². The number of carbonyl (C=O) groups excluding carboxylic acids is 1. The lowest BCUT2D eigenvalue weighted by Crippen LogP contribution is -2.31. The Hall–Kier alpha value is -2.04. The van der Waals surface area contributed by atoms with Crippen molar-refractivity contribution in [3.63, 3.8) is 0 Å². The molecule has 2 amide bonds. The molecule has 2 N–H and O–H groups in total. The van der Waals surface area contributed by atoms with Gasteiger partial charge in [0.2, 0.25) is 0 Å². The molecule has 0 saturated heterocycles. The predicted octanol–water partition coefficient (Wildman–Crippen LogP) is 3.76. The molecule has 5 heteroatoms. The number of hydrogen-bond donors (Lipinski definition) is 2. The van der Waals surface area contributed by atoms with E-state index in [4.69, 9.17) is 11.6 Å². The Balaban J connectivity index is 1.96. The molecular weight excluding hydrogens is 264 g/mol. The molecule has 0 bridgehead atoms. The molecule has 2 rings (SSSR count). The summed E-state index contributed by atoms with van der Waals surface area (Å²) in [6, 6.07) is 15.3. The van der Waals surface area contributed by atoms with Crippen molar-refractivity contribution in [2.45, 2.75) is 6.54 Å². The molecule has 0 aliphatic carbocycles. The largest absolute Gasteiger partial charge is 0.345 e. The minimum absolute atomic E-state index is 0.0687. The molecule has 0 saturated carbocycles. The van der Waals surface area contributed by atoms with Crippen molar-refractivity contribution < 1.29 is 10.0 Å². The maximum atomic E-state index is 11.7. The van der Waals surface area contributed by atoms with E-state index in [1.807, 2.05) is 6.07 Å². The Morgan fingerprint density at radius 2 is 1.89 bits per heavy atom. The third-order valence-corrected chi connectivity index (χ3v) is 2.72. The Morgan fingerprint density at radius 3 is 2.58 bits per heavy atom. The SMILES string of the molecule is O=C(Nc1ccccc1)N(O)Cc1cccc(Cl)c1. The molecule has 98 valence electrons. The number of amides is 2. The maximum Gasteiger partial charge on any atom is 0.345 e. The molecule has 0 atom stereocenters. The van der Waals surface area contributed by atoms with Crippen LogP contribution in [0.1, 0.15) is 5.56 Å². The molecule has 0 aliphatic rings. The summed E-state index contributed by atoms with van der Waals surface area (Å²) < 4.78 is 0. The van der Waals surface area contributed by atoms with Crippen LogP contribution < -0.4 is 5.32 Å². The van der Waals surface area contributed by atoms with Crippen LogP contribution in [-0.4, -0.2) is 16.3 Å². The molecule has 19 heavy (non-hydrogen) atoms. The molecular formula is C14H13ClN2O2. The zero-order valence-electron chi connectivity index (χ0n) is 10.1. The molecule has 2 aromatic rings. The van der Waals surface area contributed by atoms with Gasteiger partial charge in [0.15, 0.2) is 0 Å². The molecule has 0 radical (unpaired) electrons. The molecule has 2 aromatic carbocycles. The summed E-state index contributed by atoms with van der Waals surface area (Å²) in [4.78, 5) is 11.7. The molecule has 0 unspecified atom stereocenters. The fourth-order valence-electron chi connectivity index (χ4n) is 1.59. The van der Waals surface area contributed by atoms with Gasteiger partial charge in [0.25, 0.3) is 0 Å². The lowest BCUT2D eigenvalue weighted by Gasteiger charge is -2.16. The first-order valence-electron chi connectivity index (χ1n) is 5.72. The van der Waals surface area contributed by atoms with Gasteiger partial charge < -0.3 is 5.32 Å². The summed E-state index contributed by atoms with van der Waals surface area (Å²) in [5, 5.41) is 13.5. The van der Waals surface area contributed by atoms with Crippen LogP contribution in [0.25, 0.3) is 0 Å². The minimum atomic E-state index is -0.592. The molecule has 0 aromatic heterocycles. The van der Waals surface area contributed by atoms with Gasteiger partial charge in [0, 0.05) is 10.7 Å². The summed E-state index contributed by atoms with van der Waals surface area (Å²) in [6.07, 6.45) is 0. The lowest BCUT2D eigenvalue weighted by atomic mass is 10.2. The molecule has 0 fully saturated rings. The van der Waals surface area contributed by atoms with E-state index in [-0.39, 0.29) is 6.54 Å². The number of halogens is 1. The summed E-state index contributed by atoms with van der Waals surface area (Å²) >= 11 is 5.84. The number of rotatable bonds is 3. The van der Waals surface area contributed by atoms with Crippen LogP contribution in [0.15, 0.2) is 54.6 Å². The van der Waals surface area contributed by atoms with Crippen molar-refractivity contribution >= 4 is 23.3 Å². The average Bonchev–Trinajstić information content (AvgIpc) is 2.40. The van der Waals surface area contributed by atoms with E-state index in [1.165, 1.54) is 0 Å². The Morgan fingerprint density at radius 1 is 1.16 bits per heavy atom. The van der Waals surface area contributed by atoms with Gasteiger partial charge in [-0.05, 0) is 29.8 Å². The summed E-state index contributed by atoms with van der Waals surface area (Å²) in [6.45, 7) is 0.0687. The molecule has 0 heterocycles. The van der Waals surface area contributed by atoms with Crippen molar-refractivity contribution in [3.05, 3.63) is 65.2 Å². The normalized spacial score (nSPS) is 10.0. The van der Waals surface area contributed by atoms with Crippen LogP contribution in [0.2, 0.25) is 5.02 Å². The first kappa shape index (κ1) is 13.4. The van der Waals surface area contributed by atoms with E-state index < -0.39 is 6.03 Å². The second kappa shape index (κ2) is 6.22. The number of nitrogens with zero attached hydrogens (tertiary/aromatic N) is 1. The number of urea groups is 1. The summed E-state index contributed by atoms with van der Waals surface area (Å²) in [5.74, 6) is 0. The topological polar surface area (TPSA) is 52.6 Å². The number of nitrogens with one attached hydrogen (secondary N) is 1. The smallest absolute Gasteiger partial charge is 0.306 e. The van der Waals surface area contributed by atoms with Crippen LogP contribution in [0.3, 0.4) is 0 Å². The first-order chi connectivity index (χ1) is 9.15. The molecule has 0 spiro atoms. The highest BCUT2D eigenvalue weighted by atomic mass is 35.5. The Kier molecular flexibility index (Phi) is 4.39. The van der Waals surface area contributed by atoms with Crippen molar-refractivity contribution in [1.29, 1.82) is 0 Å². The summed E-state index contributed by atoms with van der Waals surface area (Å²) in [7, 11) is 0. The standard InChI is InChI=1S/C14H13ClN2O2/c15-12-6-4-5-11(9-12)10-17(19)14(18)16-13-7-2-1-3-8-13/h1-9,19H,10H2,(H,16,18). The zero-order chi connectivity index (χ0) is 13.7. The fourth-order valence-corrected chi connectivity index (χ4v) is 1.80. The second-order valence-corrected chi connectivity index (χ2v) is 4.42. The number of carbonyl (C=O) groups is 1. The predicted molar refractivity (Wildman–Crippen MR) is 74.2 cm³/mol. The van der Waals surface area contributed by atoms with Gasteiger partial charge in [-0.2, -0.15) is 0 Å². The zero-order valence-corrected chi connectivity index (χ0v) is 10.8. The van der Waals surface area contributed by atoms with E-state index in [1.54, 1.807) is 48.5 Å². The quantitative estimate of drug-likeness (QED) is 0.662. The first-order valence-corrected chi connectivity index (χ1v) is 6.10. The highest BCUT2D eigenvalue weighted by molar-refractivity contribution is 6.30. The number of anilines is 1. The molecule has 4 nitrogen and oxygen atoms in total. The fraction of sp³-hybridized carbons (Fsp3) is 0.0714. The van der Waals surface area contributed by atoms with E-state index in [9.17, 15) is 10.0 Å². The van der Waals surface area contributed by atoms with Crippen molar-refractivity contribution in [3.8, 4) is 0 Å². The van der Waals surface area contributed by atoms with Gasteiger partial charge in [-0.1, -0.05) is 41.9 Å². The van der Waals surface area contributed by atoms with E-state index in [2.05, 4.69) is 5.32 Å². The Labute approximate surface area is 116 Å². The van der Waals surface area contributed by atoms with Crippen LogP contribution in [0.4, 0.5) is 10.5 Å². The second-order valence-electron chi connectivity index (χ2n) is 3.98. The van der Waals surface area contributed by atoms with Crippen molar-refractivity contribution in [1.82, 2.24) is 5.06 Å². The third kappa shape index (κ3) is 3.98. The van der Waals surface area contributed by atoms with Crippen LogP contribution in [-0.2, 0) is 6.54 Å². The van der Waals surface area contributed by atoms with E-state index in [0.29, 0.717) is 15.8 Å². The van der Waals surface area contributed by atoms with Gasteiger partial charge in [-0.15, -0.1) is 0 Å².